The third-order valence-corrected chi connectivity index (χ3v) is 3.64. The van der Waals surface area contributed by atoms with Gasteiger partial charge in [0.25, 0.3) is 0 Å². The zero-order valence-corrected chi connectivity index (χ0v) is 14.3. The van der Waals surface area contributed by atoms with Crippen molar-refractivity contribution >= 4 is 52.4 Å². The Labute approximate surface area is 140 Å². The van der Waals surface area contributed by atoms with Crippen molar-refractivity contribution in [1.82, 2.24) is 10.6 Å². The van der Waals surface area contributed by atoms with E-state index in [1.54, 1.807) is 0 Å². The maximum atomic E-state index is 12.0. The second kappa shape index (κ2) is 10.1. The van der Waals surface area contributed by atoms with Gasteiger partial charge in [-0.1, -0.05) is 0 Å². The Hall–Kier alpha value is 0.350. The van der Waals surface area contributed by atoms with E-state index in [9.17, 15) is 4.79 Å². The molecule has 0 atom stereocenters. The Bertz CT molecular complexity index is 256. The molecule has 0 heterocycles. The van der Waals surface area contributed by atoms with Gasteiger partial charge < -0.3 is 22.1 Å². The van der Waals surface area contributed by atoms with E-state index in [2.05, 4.69) is 10.6 Å². The van der Waals surface area contributed by atoms with Gasteiger partial charge in [-0.25, -0.2) is 4.79 Å². The van der Waals surface area contributed by atoms with E-state index in [4.69, 9.17) is 57.9 Å². The molecule has 0 rings (SSSR count). The Morgan fingerprint density at radius 2 is 1.00 bits per heavy atom. The molecule has 20 heavy (non-hydrogen) atoms. The van der Waals surface area contributed by atoms with Crippen molar-refractivity contribution in [3.63, 3.8) is 0 Å². The monoisotopic (exact) mass is 366 g/mol. The highest BCUT2D eigenvalue weighted by Gasteiger charge is 2.30. The van der Waals surface area contributed by atoms with E-state index in [1.165, 1.54) is 0 Å². The average Bonchev–Trinajstić information content (AvgIpc) is 2.28. The highest BCUT2D eigenvalue weighted by atomic mass is 35.5. The van der Waals surface area contributed by atoms with Gasteiger partial charge in [0.15, 0.2) is 0 Å². The van der Waals surface area contributed by atoms with Crippen LogP contribution in [-0.2, 0) is 0 Å². The molecule has 0 radical (unpaired) electrons. The van der Waals surface area contributed by atoms with E-state index in [-0.39, 0.29) is 0 Å². The minimum Gasteiger partial charge on any atom is -0.320 e. The summed E-state index contributed by atoms with van der Waals surface area (Å²) in [4.78, 5) is 12.0. The molecular formula is C11H22Cl4N4O. The van der Waals surface area contributed by atoms with Crippen LogP contribution in [0.3, 0.4) is 0 Å². The van der Waals surface area contributed by atoms with Gasteiger partial charge in [-0.2, -0.15) is 0 Å². The number of hydrogen-bond donors (Lipinski definition) is 4. The van der Waals surface area contributed by atoms with Crippen molar-refractivity contribution in [2.75, 3.05) is 23.5 Å². The van der Waals surface area contributed by atoms with Crippen molar-refractivity contribution in [1.29, 1.82) is 0 Å². The number of nitrogens with one attached hydrogen (secondary N) is 2. The van der Waals surface area contributed by atoms with Gasteiger partial charge in [0.05, 0.1) is 11.3 Å². The first-order valence-electron chi connectivity index (χ1n) is 6.26. The lowest BCUT2D eigenvalue weighted by molar-refractivity contribution is 0.205. The number of nitrogens with two attached hydrogens (primary N) is 2. The van der Waals surface area contributed by atoms with Crippen molar-refractivity contribution in [2.45, 2.75) is 37.0 Å². The Morgan fingerprint density at radius 1 is 0.750 bits per heavy atom. The Kier molecular flexibility index (Phi) is 10.3. The number of alkyl halides is 4. The lowest BCUT2D eigenvalue weighted by atomic mass is 10.0. The number of rotatable bonds is 10. The summed E-state index contributed by atoms with van der Waals surface area (Å²) in [6, 6.07) is -0.486. The molecule has 0 aliphatic heterocycles. The topological polar surface area (TPSA) is 93.2 Å². The molecule has 2 amide bonds. The van der Waals surface area contributed by atoms with Crippen molar-refractivity contribution in [3.8, 4) is 0 Å². The Balaban J connectivity index is 4.63. The maximum Gasteiger partial charge on any atom is 0.317 e. The molecule has 0 bridgehead atoms. The van der Waals surface area contributed by atoms with Crippen LogP contribution in [-0.4, -0.2) is 40.9 Å². The minimum absolute atomic E-state index is 0.310. The van der Waals surface area contributed by atoms with Gasteiger partial charge in [0.1, 0.15) is 0 Å². The molecule has 0 aromatic carbocycles. The van der Waals surface area contributed by atoms with Crippen LogP contribution >= 0.6 is 46.4 Å². The Morgan fingerprint density at radius 3 is 1.20 bits per heavy atom. The minimum atomic E-state index is -0.962. The second-order valence-electron chi connectivity index (χ2n) is 4.65. The number of halogens is 4. The molecule has 0 aliphatic carbocycles. The lowest BCUT2D eigenvalue weighted by Crippen LogP contribution is -2.65. The molecule has 0 unspecified atom stereocenters. The molecule has 0 saturated carbocycles. The van der Waals surface area contributed by atoms with Crippen LogP contribution in [0.15, 0.2) is 0 Å². The summed E-state index contributed by atoms with van der Waals surface area (Å²) in [5.41, 5.74) is 10.2. The fourth-order valence-electron chi connectivity index (χ4n) is 1.66. The first-order chi connectivity index (χ1) is 9.34. The molecule has 0 aromatic heterocycles. The summed E-state index contributed by atoms with van der Waals surface area (Å²) in [7, 11) is 0. The predicted molar refractivity (Wildman–Crippen MR) is 86.9 cm³/mol. The van der Waals surface area contributed by atoms with Crippen LogP contribution in [0.4, 0.5) is 4.79 Å². The van der Waals surface area contributed by atoms with Crippen molar-refractivity contribution in [3.05, 3.63) is 0 Å². The number of amides is 2. The van der Waals surface area contributed by atoms with Crippen molar-refractivity contribution in [2.24, 2.45) is 11.5 Å². The molecule has 9 heteroatoms. The van der Waals surface area contributed by atoms with Crippen LogP contribution in [0, 0.1) is 0 Å². The third kappa shape index (κ3) is 7.96. The summed E-state index contributed by atoms with van der Waals surface area (Å²) < 4.78 is 0. The van der Waals surface area contributed by atoms with Gasteiger partial charge in [0.2, 0.25) is 0 Å². The lowest BCUT2D eigenvalue weighted by Gasteiger charge is -2.34. The van der Waals surface area contributed by atoms with Gasteiger partial charge in [-0.05, 0) is 25.7 Å². The molecule has 0 spiro atoms. The van der Waals surface area contributed by atoms with E-state index < -0.39 is 17.4 Å². The maximum absolute atomic E-state index is 12.0. The van der Waals surface area contributed by atoms with E-state index in [0.29, 0.717) is 49.2 Å². The van der Waals surface area contributed by atoms with E-state index in [1.807, 2.05) is 0 Å². The van der Waals surface area contributed by atoms with Gasteiger partial charge in [0, 0.05) is 23.5 Å². The van der Waals surface area contributed by atoms with Crippen molar-refractivity contribution < 1.29 is 4.79 Å². The molecule has 120 valence electrons. The molecule has 0 fully saturated rings. The summed E-state index contributed by atoms with van der Waals surface area (Å²) in [5.74, 6) is 1.24. The van der Waals surface area contributed by atoms with E-state index >= 15 is 0 Å². The molecule has 0 aliphatic rings. The van der Waals surface area contributed by atoms with Gasteiger partial charge in [-0.3, -0.25) is 0 Å². The first kappa shape index (κ1) is 20.3. The fourth-order valence-corrected chi connectivity index (χ4v) is 3.01. The quantitative estimate of drug-likeness (QED) is 0.352. The number of hydrogen-bond acceptors (Lipinski definition) is 3. The number of carbonyl (C=O) groups excluding carboxylic acids is 1. The zero-order valence-electron chi connectivity index (χ0n) is 11.2. The molecule has 0 saturated heterocycles. The highest BCUT2D eigenvalue weighted by Crippen LogP contribution is 2.13. The second-order valence-corrected chi connectivity index (χ2v) is 6.16. The highest BCUT2D eigenvalue weighted by molar-refractivity contribution is 6.18. The van der Waals surface area contributed by atoms with Gasteiger partial charge >= 0.3 is 6.03 Å². The largest absolute Gasteiger partial charge is 0.320 e. The SMILES string of the molecule is NC(CCCl)(CCCl)NC(=O)NC(N)(CCCl)CCCl. The third-order valence-electron chi connectivity index (χ3n) is 2.89. The van der Waals surface area contributed by atoms with Crippen LogP contribution in [0.1, 0.15) is 25.7 Å². The normalized spacial score (nSPS) is 12.3. The van der Waals surface area contributed by atoms with Crippen LogP contribution in [0.2, 0.25) is 0 Å². The average molecular weight is 368 g/mol. The fraction of sp³-hybridized carbons (Fsp3) is 0.909. The number of carbonyl (C=O) groups is 1. The zero-order chi connectivity index (χ0) is 15.6. The van der Waals surface area contributed by atoms with Crippen LogP contribution < -0.4 is 22.1 Å². The first-order valence-corrected chi connectivity index (χ1v) is 8.40. The molecule has 5 nitrogen and oxygen atoms in total. The van der Waals surface area contributed by atoms with Gasteiger partial charge in [-0.15, -0.1) is 46.4 Å². The molecule has 6 N–H and O–H groups in total. The standard InChI is InChI=1S/C11H22Cl4N4O/c12-5-1-10(16,2-6-13)18-9(20)19-11(17,3-7-14)4-8-15/h1-8,16-17H2,(H2,18,19,20). The summed E-state index contributed by atoms with van der Waals surface area (Å²) >= 11 is 22.7. The van der Waals surface area contributed by atoms with Crippen LogP contribution in [0.5, 0.6) is 0 Å². The summed E-state index contributed by atoms with van der Waals surface area (Å²) in [6.07, 6.45) is 1.60. The molecule has 0 aromatic rings. The summed E-state index contributed by atoms with van der Waals surface area (Å²) in [6.45, 7) is 0. The summed E-state index contributed by atoms with van der Waals surface area (Å²) in [5, 5.41) is 5.32. The smallest absolute Gasteiger partial charge is 0.317 e. The molecular weight excluding hydrogens is 346 g/mol. The van der Waals surface area contributed by atoms with Crippen LogP contribution in [0.25, 0.3) is 0 Å². The number of urea groups is 1. The predicted octanol–water partition coefficient (Wildman–Crippen LogP) is 2.11. The van der Waals surface area contributed by atoms with E-state index in [0.717, 1.165) is 0 Å².